The molecule has 0 aromatic heterocycles. The standard InChI is InChI=1S/C11H22N2O2/c1-12-7-3-4-10(5-8-12)13(2)9-6-11(14)15/h10H,3-9H2,1-2H3,(H,14,15). The molecular formula is C11H22N2O2. The zero-order chi connectivity index (χ0) is 11.3. The number of nitrogens with zero attached hydrogens (tertiary/aromatic N) is 2. The first-order valence-electron chi connectivity index (χ1n) is 5.70. The van der Waals surface area contributed by atoms with Gasteiger partial charge in [0, 0.05) is 12.6 Å². The maximum atomic E-state index is 10.5. The molecule has 0 spiro atoms. The van der Waals surface area contributed by atoms with Gasteiger partial charge in [-0.25, -0.2) is 0 Å². The van der Waals surface area contributed by atoms with Crippen LogP contribution in [0.4, 0.5) is 0 Å². The summed E-state index contributed by atoms with van der Waals surface area (Å²) in [6.07, 6.45) is 3.83. The van der Waals surface area contributed by atoms with Crippen LogP contribution in [0.25, 0.3) is 0 Å². The van der Waals surface area contributed by atoms with Crippen LogP contribution in [-0.4, -0.2) is 60.6 Å². The average Bonchev–Trinajstić information content (AvgIpc) is 2.39. The molecule has 1 atom stereocenters. The summed E-state index contributed by atoms with van der Waals surface area (Å²) in [4.78, 5) is 15.0. The molecule has 1 unspecified atom stereocenters. The van der Waals surface area contributed by atoms with E-state index in [1.54, 1.807) is 0 Å². The van der Waals surface area contributed by atoms with Crippen LogP contribution in [0, 0.1) is 0 Å². The number of carboxylic acids is 1. The SMILES string of the molecule is CN1CCCC(N(C)CCC(=O)O)CC1. The lowest BCUT2D eigenvalue weighted by atomic mass is 10.1. The van der Waals surface area contributed by atoms with E-state index in [2.05, 4.69) is 16.8 Å². The van der Waals surface area contributed by atoms with Crippen LogP contribution in [0.1, 0.15) is 25.7 Å². The molecule has 1 fully saturated rings. The number of likely N-dealkylation sites (tertiary alicyclic amines) is 1. The van der Waals surface area contributed by atoms with E-state index in [9.17, 15) is 4.79 Å². The van der Waals surface area contributed by atoms with Crippen molar-refractivity contribution >= 4 is 5.97 Å². The number of carbonyl (C=O) groups is 1. The third-order valence-corrected chi connectivity index (χ3v) is 3.22. The fraction of sp³-hybridized carbons (Fsp3) is 0.909. The summed E-state index contributed by atoms with van der Waals surface area (Å²) in [5.41, 5.74) is 0. The molecule has 1 aliphatic heterocycles. The van der Waals surface area contributed by atoms with E-state index in [0.29, 0.717) is 12.6 Å². The Hall–Kier alpha value is -0.610. The number of carboxylic acid groups (broad SMARTS) is 1. The van der Waals surface area contributed by atoms with Gasteiger partial charge >= 0.3 is 5.97 Å². The van der Waals surface area contributed by atoms with Gasteiger partial charge in [0.1, 0.15) is 0 Å². The molecule has 0 radical (unpaired) electrons. The Kier molecular flexibility index (Phi) is 5.05. The van der Waals surface area contributed by atoms with Gasteiger partial charge in [-0.05, 0) is 46.4 Å². The highest BCUT2D eigenvalue weighted by molar-refractivity contribution is 5.66. The molecule has 1 aliphatic rings. The van der Waals surface area contributed by atoms with Crippen molar-refractivity contribution in [3.8, 4) is 0 Å². The maximum absolute atomic E-state index is 10.5. The molecule has 1 saturated heterocycles. The molecule has 0 amide bonds. The molecule has 1 rings (SSSR count). The Labute approximate surface area is 91.9 Å². The summed E-state index contributed by atoms with van der Waals surface area (Å²) in [6, 6.07) is 0.564. The van der Waals surface area contributed by atoms with Crippen LogP contribution in [-0.2, 0) is 4.79 Å². The molecule has 1 N–H and O–H groups in total. The fourth-order valence-electron chi connectivity index (χ4n) is 2.12. The summed E-state index contributed by atoms with van der Waals surface area (Å²) < 4.78 is 0. The lowest BCUT2D eigenvalue weighted by Gasteiger charge is -2.26. The van der Waals surface area contributed by atoms with Crippen LogP contribution in [0.2, 0.25) is 0 Å². The van der Waals surface area contributed by atoms with E-state index >= 15 is 0 Å². The first-order chi connectivity index (χ1) is 7.09. The minimum Gasteiger partial charge on any atom is -0.481 e. The smallest absolute Gasteiger partial charge is 0.304 e. The third kappa shape index (κ3) is 4.62. The quantitative estimate of drug-likeness (QED) is 0.754. The Balaban J connectivity index is 2.31. The van der Waals surface area contributed by atoms with Gasteiger partial charge in [0.05, 0.1) is 6.42 Å². The van der Waals surface area contributed by atoms with Crippen molar-refractivity contribution in [1.82, 2.24) is 9.80 Å². The Morgan fingerprint density at radius 2 is 2.20 bits per heavy atom. The second kappa shape index (κ2) is 6.08. The molecule has 0 aliphatic carbocycles. The Bertz CT molecular complexity index is 209. The van der Waals surface area contributed by atoms with Gasteiger partial charge in [-0.3, -0.25) is 4.79 Å². The lowest BCUT2D eigenvalue weighted by Crippen LogP contribution is -2.34. The second-order valence-corrected chi connectivity index (χ2v) is 4.51. The Morgan fingerprint density at radius 1 is 1.47 bits per heavy atom. The summed E-state index contributed by atoms with van der Waals surface area (Å²) in [5.74, 6) is -0.701. The van der Waals surface area contributed by atoms with Crippen LogP contribution < -0.4 is 0 Å². The maximum Gasteiger partial charge on any atom is 0.304 e. The zero-order valence-electron chi connectivity index (χ0n) is 9.78. The minimum atomic E-state index is -0.701. The van der Waals surface area contributed by atoms with Crippen LogP contribution in [0.15, 0.2) is 0 Å². The van der Waals surface area contributed by atoms with Crippen molar-refractivity contribution in [2.75, 3.05) is 33.7 Å². The summed E-state index contributed by atoms with van der Waals surface area (Å²) in [7, 11) is 4.19. The fourth-order valence-corrected chi connectivity index (χ4v) is 2.12. The molecule has 0 bridgehead atoms. The molecule has 0 aromatic carbocycles. The van der Waals surface area contributed by atoms with Gasteiger partial charge in [-0.2, -0.15) is 0 Å². The number of hydrogen-bond acceptors (Lipinski definition) is 3. The average molecular weight is 214 g/mol. The number of hydrogen-bond donors (Lipinski definition) is 1. The first-order valence-corrected chi connectivity index (χ1v) is 5.70. The molecule has 0 aromatic rings. The van der Waals surface area contributed by atoms with Crippen molar-refractivity contribution < 1.29 is 9.90 Å². The van der Waals surface area contributed by atoms with Gasteiger partial charge in [0.2, 0.25) is 0 Å². The van der Waals surface area contributed by atoms with Crippen molar-refractivity contribution in [1.29, 1.82) is 0 Å². The van der Waals surface area contributed by atoms with E-state index in [1.807, 2.05) is 7.05 Å². The molecule has 0 saturated carbocycles. The minimum absolute atomic E-state index is 0.253. The van der Waals surface area contributed by atoms with E-state index in [-0.39, 0.29) is 6.42 Å². The highest BCUT2D eigenvalue weighted by Gasteiger charge is 2.18. The largest absolute Gasteiger partial charge is 0.481 e. The van der Waals surface area contributed by atoms with E-state index in [0.717, 1.165) is 13.0 Å². The van der Waals surface area contributed by atoms with Crippen molar-refractivity contribution in [2.24, 2.45) is 0 Å². The highest BCUT2D eigenvalue weighted by atomic mass is 16.4. The monoisotopic (exact) mass is 214 g/mol. The predicted octanol–water partition coefficient (Wildman–Crippen LogP) is 0.877. The van der Waals surface area contributed by atoms with E-state index < -0.39 is 5.97 Å². The van der Waals surface area contributed by atoms with Gasteiger partial charge < -0.3 is 14.9 Å². The highest BCUT2D eigenvalue weighted by Crippen LogP contribution is 2.14. The summed E-state index contributed by atoms with van der Waals surface area (Å²) in [6.45, 7) is 2.97. The summed E-state index contributed by atoms with van der Waals surface area (Å²) in [5, 5.41) is 8.62. The Morgan fingerprint density at radius 3 is 2.87 bits per heavy atom. The van der Waals surface area contributed by atoms with Crippen molar-refractivity contribution in [3.05, 3.63) is 0 Å². The molecule has 88 valence electrons. The molecule has 4 heteroatoms. The lowest BCUT2D eigenvalue weighted by molar-refractivity contribution is -0.137. The van der Waals surface area contributed by atoms with Crippen LogP contribution >= 0.6 is 0 Å². The first kappa shape index (κ1) is 12.5. The third-order valence-electron chi connectivity index (χ3n) is 3.22. The normalized spacial score (nSPS) is 24.1. The number of rotatable bonds is 4. The zero-order valence-corrected chi connectivity index (χ0v) is 9.78. The predicted molar refractivity (Wildman–Crippen MR) is 60.0 cm³/mol. The summed E-state index contributed by atoms with van der Waals surface area (Å²) >= 11 is 0. The molecule has 15 heavy (non-hydrogen) atoms. The van der Waals surface area contributed by atoms with Gasteiger partial charge in [0.15, 0.2) is 0 Å². The molecular weight excluding hydrogens is 192 g/mol. The van der Waals surface area contributed by atoms with Crippen molar-refractivity contribution in [3.63, 3.8) is 0 Å². The van der Waals surface area contributed by atoms with Crippen LogP contribution in [0.5, 0.6) is 0 Å². The van der Waals surface area contributed by atoms with Gasteiger partial charge in [-0.1, -0.05) is 0 Å². The van der Waals surface area contributed by atoms with Crippen molar-refractivity contribution in [2.45, 2.75) is 31.7 Å². The van der Waals surface area contributed by atoms with E-state index in [4.69, 9.17) is 5.11 Å². The van der Waals surface area contributed by atoms with Gasteiger partial charge in [-0.15, -0.1) is 0 Å². The molecule has 4 nitrogen and oxygen atoms in total. The van der Waals surface area contributed by atoms with Gasteiger partial charge in [0.25, 0.3) is 0 Å². The number of aliphatic carboxylic acids is 1. The molecule has 1 heterocycles. The topological polar surface area (TPSA) is 43.8 Å². The second-order valence-electron chi connectivity index (χ2n) is 4.51. The van der Waals surface area contributed by atoms with Crippen LogP contribution in [0.3, 0.4) is 0 Å². The van der Waals surface area contributed by atoms with E-state index in [1.165, 1.54) is 19.4 Å².